The van der Waals surface area contributed by atoms with Crippen LogP contribution >= 0.6 is 45.3 Å². The van der Waals surface area contributed by atoms with Gasteiger partial charge in [0.1, 0.15) is 5.75 Å². The minimum absolute atomic E-state index is 0.0499. The summed E-state index contributed by atoms with van der Waals surface area (Å²) in [6, 6.07) is 52.3. The van der Waals surface area contributed by atoms with Gasteiger partial charge in [0, 0.05) is 82.6 Å². The Balaban J connectivity index is 0.000000116. The molecule has 0 aliphatic carbocycles. The lowest BCUT2D eigenvalue weighted by atomic mass is 10.1. The molecule has 12 aromatic heterocycles. The monoisotopic (exact) mass is 1720 g/mol. The highest BCUT2D eigenvalue weighted by Gasteiger charge is 2.33. The molecule has 0 radical (unpaired) electrons. The molecule has 0 aliphatic rings. The lowest BCUT2D eigenvalue weighted by molar-refractivity contribution is -0.384. The third-order valence-electron chi connectivity index (χ3n) is 18.4. The minimum atomic E-state index is -4.71. The molecule has 122 heavy (non-hydrogen) atoms. The standard InChI is InChI=1S/C21H15F3N6OS.C21H15F3N6S.C20H14F2N6S.C20H15N7O2S/c22-21(23,24)31-15-4-1-12(2-5-15)10-25-20-28-17-7-8-32-18(17)19(29-20)27-14-3-6-16-13(9-14)11-26-30-16;22-21(23,24)15-4-2-1-3-12(15)10-25-20-28-17-7-8-31-18(17)19(29-20)27-14-5-6-16-13(9-14)11-26-30-16;21-14-3-1-11(7-15(14)22)9-23-20-26-17-5-6-29-18(17)19(27-20)25-13-2-4-16-12(8-13)10-24-28-16;28-27(29)15-4-1-12(2-5-15)10-21-20-24-17-7-8-30-18(17)19(25-20)23-14-3-6-16-13(9-14)11-22-26-16/h1-9,11H,10H2,(H,26,30)(H2,25,27,28,29);1-9,11H,10H2,(H,26,30)(H2,25,27,28,29);1-8,10H,9H2,(H,24,28)(H2,23,25,26,27);1-9,11H,10H2,(H,22,26)(H2,21,23,24,25). The number of halogens is 8. The van der Waals surface area contributed by atoms with Gasteiger partial charge in [-0.25, -0.2) is 28.7 Å². The molecule has 610 valence electrons. The van der Waals surface area contributed by atoms with Crippen LogP contribution in [0.15, 0.2) is 234 Å². The molecule has 40 heteroatoms. The van der Waals surface area contributed by atoms with Gasteiger partial charge in [0.2, 0.25) is 23.8 Å². The summed E-state index contributed by atoms with van der Waals surface area (Å²) in [5.41, 5.74) is 12.1. The van der Waals surface area contributed by atoms with Crippen LogP contribution in [0, 0.1) is 21.7 Å². The number of aromatic nitrogens is 16. The van der Waals surface area contributed by atoms with Crippen molar-refractivity contribution in [2.45, 2.75) is 38.7 Å². The van der Waals surface area contributed by atoms with E-state index in [1.807, 2.05) is 119 Å². The molecular formula is C82H59F8N25O3S4. The molecule has 12 heterocycles. The molecule has 0 fully saturated rings. The zero-order valence-electron chi connectivity index (χ0n) is 62.5. The normalized spacial score (nSPS) is 11.5. The van der Waals surface area contributed by atoms with Gasteiger partial charge < -0.3 is 47.3 Å². The smallest absolute Gasteiger partial charge is 0.406 e. The Labute approximate surface area is 697 Å². The molecule has 12 N–H and O–H groups in total. The summed E-state index contributed by atoms with van der Waals surface area (Å²) in [6.07, 6.45) is -2.12. The van der Waals surface area contributed by atoms with E-state index in [-0.39, 0.29) is 36.0 Å². The van der Waals surface area contributed by atoms with E-state index in [1.54, 1.807) is 77.8 Å². The van der Waals surface area contributed by atoms with Crippen molar-refractivity contribution >= 4 is 205 Å². The summed E-state index contributed by atoms with van der Waals surface area (Å²) in [5, 5.41) is 76.0. The zero-order valence-corrected chi connectivity index (χ0v) is 65.8. The Bertz CT molecular complexity index is 7140. The first kappa shape index (κ1) is 79.3. The topological polar surface area (TPSA) is 366 Å². The van der Waals surface area contributed by atoms with Crippen molar-refractivity contribution in [3.05, 3.63) is 284 Å². The summed E-state index contributed by atoms with van der Waals surface area (Å²) in [4.78, 5) is 46.7. The maximum atomic E-state index is 13.4. The number of fused-ring (bicyclic) bond motifs is 8. The van der Waals surface area contributed by atoms with Gasteiger partial charge in [0.05, 0.1) is 98.2 Å². The number of ether oxygens (including phenoxy) is 1. The van der Waals surface area contributed by atoms with E-state index in [9.17, 15) is 45.2 Å². The number of thiophene rings is 4. The van der Waals surface area contributed by atoms with E-state index in [4.69, 9.17) is 0 Å². The van der Waals surface area contributed by atoms with E-state index in [1.165, 1.54) is 65.1 Å². The maximum Gasteiger partial charge on any atom is 0.573 e. The number of nitrogens with one attached hydrogen (secondary N) is 12. The predicted octanol–water partition coefficient (Wildman–Crippen LogP) is 21.8. The van der Waals surface area contributed by atoms with Crippen LogP contribution in [0.1, 0.15) is 27.8 Å². The van der Waals surface area contributed by atoms with Crippen LogP contribution in [0.25, 0.3) is 84.5 Å². The average Bonchev–Trinajstić information content (AvgIpc) is 1.64. The Morgan fingerprint density at radius 3 is 1.07 bits per heavy atom. The number of non-ortho nitro benzene ring substituents is 1. The number of hydrogen-bond acceptors (Lipinski definition) is 27. The Hall–Kier alpha value is -15.2. The van der Waals surface area contributed by atoms with Gasteiger partial charge >= 0.3 is 12.5 Å². The van der Waals surface area contributed by atoms with Gasteiger partial charge in [-0.2, -0.15) is 53.5 Å². The lowest BCUT2D eigenvalue weighted by Crippen LogP contribution is -2.17. The first-order valence-electron chi connectivity index (χ1n) is 36.7. The van der Waals surface area contributed by atoms with E-state index in [2.05, 4.69) is 128 Å². The molecule has 0 amide bonds. The molecule has 20 rings (SSSR count). The van der Waals surface area contributed by atoms with Crippen molar-refractivity contribution < 1.29 is 44.8 Å². The van der Waals surface area contributed by atoms with Crippen molar-refractivity contribution in [1.82, 2.24) is 80.7 Å². The second-order valence-corrected chi connectivity index (χ2v) is 30.4. The lowest BCUT2D eigenvalue weighted by Gasteiger charge is -2.14. The fourth-order valence-corrected chi connectivity index (χ4v) is 15.7. The summed E-state index contributed by atoms with van der Waals surface area (Å²) in [6.45, 7) is 1.01. The number of nitro benzene ring substituents is 1. The summed E-state index contributed by atoms with van der Waals surface area (Å²) in [7, 11) is 0. The minimum Gasteiger partial charge on any atom is -0.406 e. The van der Waals surface area contributed by atoms with Crippen LogP contribution in [0.5, 0.6) is 5.75 Å². The molecule has 28 nitrogen and oxygen atoms in total. The van der Waals surface area contributed by atoms with Gasteiger partial charge in [-0.3, -0.25) is 30.5 Å². The number of nitro groups is 1. The number of benzene rings is 8. The van der Waals surface area contributed by atoms with E-state index in [0.717, 1.165) is 131 Å². The molecular weight excluding hydrogens is 1660 g/mol. The van der Waals surface area contributed by atoms with Gasteiger partial charge in [-0.15, -0.1) is 58.5 Å². The molecule has 0 unspecified atom stereocenters. The SMILES string of the molecule is FC(F)(F)Oc1ccc(CNc2nc(Nc3ccc4[nH]ncc4c3)c3sccc3n2)cc1.FC(F)(F)c1ccccc1CNc1nc(Nc2ccc3[nH]ncc3c2)c2sccc2n1.Fc1ccc(CNc2nc(Nc3ccc4[nH]ncc4c3)c3sccc3n2)cc1F.O=[N+]([O-])c1ccc(CNc2nc(Nc3ccc4[nH]ncc4c3)c3sccc3n2)cc1. The number of anilines is 12. The number of nitrogens with zero attached hydrogens (tertiary/aromatic N) is 13. The molecule has 0 saturated carbocycles. The first-order valence-corrected chi connectivity index (χ1v) is 40.2. The molecule has 0 spiro atoms. The average molecular weight is 1720 g/mol. The second-order valence-electron chi connectivity index (χ2n) is 26.7. The predicted molar refractivity (Wildman–Crippen MR) is 460 cm³/mol. The number of alkyl halides is 6. The van der Waals surface area contributed by atoms with Crippen LogP contribution in [0.4, 0.5) is 111 Å². The van der Waals surface area contributed by atoms with E-state index >= 15 is 0 Å². The van der Waals surface area contributed by atoms with Crippen molar-refractivity contribution in [1.29, 1.82) is 0 Å². The molecule has 0 atom stereocenters. The van der Waals surface area contributed by atoms with Crippen LogP contribution in [-0.4, -0.2) is 91.9 Å². The fourth-order valence-electron chi connectivity index (χ4n) is 12.6. The third-order valence-corrected chi connectivity index (χ3v) is 22.1. The van der Waals surface area contributed by atoms with Gasteiger partial charge in [-0.1, -0.05) is 48.5 Å². The van der Waals surface area contributed by atoms with Gasteiger partial charge in [0.15, 0.2) is 34.9 Å². The molecule has 0 bridgehead atoms. The van der Waals surface area contributed by atoms with Gasteiger partial charge in [0.25, 0.3) is 5.69 Å². The largest absolute Gasteiger partial charge is 0.573 e. The Kier molecular flexibility index (Phi) is 22.6. The maximum absolute atomic E-state index is 13.4. The quantitative estimate of drug-likeness (QED) is 0.0170. The Morgan fingerprint density at radius 1 is 0.377 bits per heavy atom. The van der Waals surface area contributed by atoms with Crippen LogP contribution < -0.4 is 47.3 Å². The van der Waals surface area contributed by atoms with Crippen molar-refractivity contribution in [3.63, 3.8) is 0 Å². The van der Waals surface area contributed by atoms with Crippen LogP contribution in [0.2, 0.25) is 0 Å². The number of hydrogen-bond donors (Lipinski definition) is 12. The Morgan fingerprint density at radius 2 is 0.721 bits per heavy atom. The molecule has 8 aromatic carbocycles. The summed E-state index contributed by atoms with van der Waals surface area (Å²) < 4.78 is 111. The van der Waals surface area contributed by atoms with E-state index in [0.29, 0.717) is 65.3 Å². The number of aromatic amines is 4. The summed E-state index contributed by atoms with van der Waals surface area (Å²) in [5.74, 6) is 2.12. The molecule has 0 saturated heterocycles. The summed E-state index contributed by atoms with van der Waals surface area (Å²) >= 11 is 6.12. The van der Waals surface area contributed by atoms with Crippen LogP contribution in [-0.2, 0) is 32.4 Å². The highest BCUT2D eigenvalue weighted by Crippen LogP contribution is 2.38. The van der Waals surface area contributed by atoms with Crippen molar-refractivity contribution in [3.8, 4) is 5.75 Å². The van der Waals surface area contributed by atoms with E-state index < -0.39 is 34.7 Å². The fraction of sp³-hybridized carbons (Fsp3) is 0.0732. The molecule has 20 aromatic rings. The number of H-pyrrole nitrogens is 4. The first-order chi connectivity index (χ1) is 59.2. The van der Waals surface area contributed by atoms with Crippen molar-refractivity contribution in [2.75, 3.05) is 42.5 Å². The third kappa shape index (κ3) is 19.0. The molecule has 0 aliphatic heterocycles. The van der Waals surface area contributed by atoms with Crippen molar-refractivity contribution in [2.24, 2.45) is 0 Å². The zero-order chi connectivity index (χ0) is 83.9. The van der Waals surface area contributed by atoms with Crippen LogP contribution in [0.3, 0.4) is 0 Å². The highest BCUT2D eigenvalue weighted by atomic mass is 32.1. The highest BCUT2D eigenvalue weighted by molar-refractivity contribution is 7.18. The second kappa shape index (κ2) is 34.8. The number of rotatable bonds is 22. The van der Waals surface area contributed by atoms with Gasteiger partial charge in [-0.05, 0) is 171 Å².